The topological polar surface area (TPSA) is 71.3 Å². The lowest BCUT2D eigenvalue weighted by Gasteiger charge is -2.18. The van der Waals surface area contributed by atoms with E-state index >= 15 is 0 Å². The molecule has 0 aromatic carbocycles. The van der Waals surface area contributed by atoms with Gasteiger partial charge in [-0.25, -0.2) is 4.98 Å². The summed E-state index contributed by atoms with van der Waals surface area (Å²) in [7, 11) is 3.84. The minimum Gasteiger partial charge on any atom is -0.360 e. The van der Waals surface area contributed by atoms with Gasteiger partial charge in [0.2, 0.25) is 0 Å². The van der Waals surface area contributed by atoms with Crippen LogP contribution in [0.4, 0.5) is 11.5 Å². The Morgan fingerprint density at radius 3 is 2.82 bits per heavy atom. The van der Waals surface area contributed by atoms with Gasteiger partial charge in [0, 0.05) is 19.2 Å². The second kappa shape index (κ2) is 6.15. The van der Waals surface area contributed by atoms with Crippen molar-refractivity contribution in [2.24, 2.45) is 0 Å². The molecule has 0 amide bonds. The van der Waals surface area contributed by atoms with E-state index in [0.717, 1.165) is 25.3 Å². The Kier molecular flexibility index (Phi) is 4.84. The molecule has 0 radical (unpaired) electrons. The third-order valence-corrected chi connectivity index (χ3v) is 2.58. The molecule has 0 aliphatic rings. The highest BCUT2D eigenvalue weighted by Crippen LogP contribution is 2.20. The van der Waals surface area contributed by atoms with Gasteiger partial charge >= 0.3 is 0 Å². The lowest BCUT2D eigenvalue weighted by atomic mass is 10.2. The minimum absolute atomic E-state index is 0.0670. The number of nitro groups is 1. The second-order valence-corrected chi connectivity index (χ2v) is 3.96. The molecule has 6 heteroatoms. The number of hydrogen-bond acceptors (Lipinski definition) is 5. The van der Waals surface area contributed by atoms with Crippen molar-refractivity contribution in [2.45, 2.75) is 13.3 Å². The molecule has 6 nitrogen and oxygen atoms in total. The molecule has 0 aliphatic carbocycles. The van der Waals surface area contributed by atoms with Gasteiger partial charge in [0.25, 0.3) is 5.69 Å². The Morgan fingerprint density at radius 1 is 1.59 bits per heavy atom. The fourth-order valence-electron chi connectivity index (χ4n) is 1.54. The van der Waals surface area contributed by atoms with E-state index in [-0.39, 0.29) is 5.69 Å². The van der Waals surface area contributed by atoms with Crippen LogP contribution >= 0.6 is 0 Å². The molecule has 1 aromatic rings. The molecule has 0 saturated heterocycles. The van der Waals surface area contributed by atoms with Crippen LogP contribution in [0.1, 0.15) is 12.0 Å². The van der Waals surface area contributed by atoms with E-state index < -0.39 is 4.92 Å². The Bertz CT molecular complexity index is 395. The van der Waals surface area contributed by atoms with Crippen LogP contribution in [0.25, 0.3) is 0 Å². The molecular formula is C11H18N4O2. The predicted molar refractivity (Wildman–Crippen MR) is 67.4 cm³/mol. The summed E-state index contributed by atoms with van der Waals surface area (Å²) in [6, 6.07) is 1.75. The number of anilines is 1. The zero-order chi connectivity index (χ0) is 12.8. The monoisotopic (exact) mass is 238 g/mol. The first kappa shape index (κ1) is 13.4. The number of pyridine rings is 1. The normalized spacial score (nSPS) is 10.3. The third-order valence-electron chi connectivity index (χ3n) is 2.58. The van der Waals surface area contributed by atoms with Gasteiger partial charge in [0.1, 0.15) is 12.0 Å². The highest BCUT2D eigenvalue weighted by molar-refractivity contribution is 5.48. The van der Waals surface area contributed by atoms with Crippen LogP contribution in [0.2, 0.25) is 0 Å². The summed E-state index contributed by atoms with van der Waals surface area (Å²) < 4.78 is 0. The number of nitrogens with zero attached hydrogens (tertiary/aromatic N) is 3. The quantitative estimate of drug-likeness (QED) is 0.460. The Labute approximate surface area is 101 Å². The summed E-state index contributed by atoms with van der Waals surface area (Å²) >= 11 is 0. The Balaban J connectivity index is 2.72. The van der Waals surface area contributed by atoms with Crippen molar-refractivity contribution < 1.29 is 4.92 Å². The van der Waals surface area contributed by atoms with Crippen molar-refractivity contribution >= 4 is 11.5 Å². The summed E-state index contributed by atoms with van der Waals surface area (Å²) in [5.74, 6) is 0.768. The largest absolute Gasteiger partial charge is 0.360 e. The van der Waals surface area contributed by atoms with E-state index in [1.807, 2.05) is 19.0 Å². The average Bonchev–Trinajstić information content (AvgIpc) is 2.28. The van der Waals surface area contributed by atoms with Crippen LogP contribution in [0.5, 0.6) is 0 Å². The molecule has 0 spiro atoms. The van der Waals surface area contributed by atoms with Gasteiger partial charge in [0.15, 0.2) is 0 Å². The summed E-state index contributed by atoms with van der Waals surface area (Å²) in [4.78, 5) is 16.3. The molecule has 0 atom stereocenters. The van der Waals surface area contributed by atoms with Crippen LogP contribution in [0.15, 0.2) is 12.3 Å². The van der Waals surface area contributed by atoms with Crippen LogP contribution in [-0.4, -0.2) is 37.1 Å². The fraction of sp³-hybridized carbons (Fsp3) is 0.545. The van der Waals surface area contributed by atoms with Crippen molar-refractivity contribution in [2.75, 3.05) is 32.1 Å². The number of hydrogen-bond donors (Lipinski definition) is 1. The minimum atomic E-state index is -0.410. The zero-order valence-electron chi connectivity index (χ0n) is 10.4. The third kappa shape index (κ3) is 3.67. The molecule has 17 heavy (non-hydrogen) atoms. The van der Waals surface area contributed by atoms with Crippen molar-refractivity contribution in [1.82, 2.24) is 10.3 Å². The lowest BCUT2D eigenvalue weighted by molar-refractivity contribution is -0.385. The molecule has 0 bridgehead atoms. The van der Waals surface area contributed by atoms with Gasteiger partial charge in [-0.2, -0.15) is 0 Å². The first-order valence-corrected chi connectivity index (χ1v) is 5.53. The molecule has 1 N–H and O–H groups in total. The molecule has 94 valence electrons. The van der Waals surface area contributed by atoms with E-state index in [2.05, 4.69) is 10.3 Å². The molecular weight excluding hydrogens is 220 g/mol. The van der Waals surface area contributed by atoms with Gasteiger partial charge in [-0.1, -0.05) is 0 Å². The average molecular weight is 238 g/mol. The van der Waals surface area contributed by atoms with E-state index in [1.54, 1.807) is 13.0 Å². The number of nitrogens with one attached hydrogen (secondary N) is 1. The maximum atomic E-state index is 10.7. The van der Waals surface area contributed by atoms with Gasteiger partial charge in [-0.15, -0.1) is 0 Å². The van der Waals surface area contributed by atoms with Gasteiger partial charge in [-0.05, 0) is 33.0 Å². The standard InChI is InChI=1S/C11H18N4O2/c1-9-7-11(13-8-10(9)15(16)17)14(3)6-4-5-12-2/h7-8,12H,4-6H2,1-3H3. The SMILES string of the molecule is CNCCCN(C)c1cc(C)c([N+](=O)[O-])cn1. The Hall–Kier alpha value is -1.69. The van der Waals surface area contributed by atoms with Crippen molar-refractivity contribution in [1.29, 1.82) is 0 Å². The van der Waals surface area contributed by atoms with Crippen molar-refractivity contribution in [3.05, 3.63) is 27.9 Å². The Morgan fingerprint density at radius 2 is 2.29 bits per heavy atom. The molecule has 0 saturated carbocycles. The van der Waals surface area contributed by atoms with Crippen molar-refractivity contribution in [3.8, 4) is 0 Å². The molecule has 1 rings (SSSR count). The highest BCUT2D eigenvalue weighted by atomic mass is 16.6. The maximum Gasteiger partial charge on any atom is 0.290 e. The predicted octanol–water partition coefficient (Wildman–Crippen LogP) is 1.34. The second-order valence-electron chi connectivity index (χ2n) is 3.96. The van der Waals surface area contributed by atoms with Crippen LogP contribution in [-0.2, 0) is 0 Å². The zero-order valence-corrected chi connectivity index (χ0v) is 10.4. The summed E-state index contributed by atoms with van der Waals surface area (Å²) in [6.07, 6.45) is 2.32. The molecule has 0 unspecified atom stereocenters. The number of aryl methyl sites for hydroxylation is 1. The van der Waals surface area contributed by atoms with Crippen LogP contribution in [0, 0.1) is 17.0 Å². The molecule has 1 aromatic heterocycles. The van der Waals surface area contributed by atoms with E-state index in [1.165, 1.54) is 6.20 Å². The highest BCUT2D eigenvalue weighted by Gasteiger charge is 2.12. The van der Waals surface area contributed by atoms with Crippen molar-refractivity contribution in [3.63, 3.8) is 0 Å². The molecule has 0 fully saturated rings. The summed E-state index contributed by atoms with van der Waals surface area (Å²) in [6.45, 7) is 3.53. The first-order chi connectivity index (χ1) is 8.06. The van der Waals surface area contributed by atoms with Gasteiger partial charge in [0.05, 0.1) is 4.92 Å². The molecule has 1 heterocycles. The number of aromatic nitrogens is 1. The molecule has 0 aliphatic heterocycles. The first-order valence-electron chi connectivity index (χ1n) is 5.53. The lowest BCUT2D eigenvalue weighted by Crippen LogP contribution is -2.23. The van der Waals surface area contributed by atoms with E-state index in [0.29, 0.717) is 5.56 Å². The van der Waals surface area contributed by atoms with E-state index in [9.17, 15) is 10.1 Å². The van der Waals surface area contributed by atoms with Crippen LogP contribution < -0.4 is 10.2 Å². The fourth-order valence-corrected chi connectivity index (χ4v) is 1.54. The van der Waals surface area contributed by atoms with Gasteiger partial charge < -0.3 is 10.2 Å². The van der Waals surface area contributed by atoms with Gasteiger partial charge in [-0.3, -0.25) is 10.1 Å². The summed E-state index contributed by atoms with van der Waals surface area (Å²) in [5, 5.41) is 13.7. The number of rotatable bonds is 6. The summed E-state index contributed by atoms with van der Waals surface area (Å²) in [5.41, 5.74) is 0.706. The maximum absolute atomic E-state index is 10.7. The smallest absolute Gasteiger partial charge is 0.290 e. The van der Waals surface area contributed by atoms with E-state index in [4.69, 9.17) is 0 Å². The van der Waals surface area contributed by atoms with Crippen LogP contribution in [0.3, 0.4) is 0 Å².